The van der Waals surface area contributed by atoms with Crippen molar-refractivity contribution in [3.63, 3.8) is 0 Å². The summed E-state index contributed by atoms with van der Waals surface area (Å²) in [6, 6.07) is 3.83. The van der Waals surface area contributed by atoms with E-state index in [4.69, 9.17) is 9.47 Å². The number of morpholine rings is 1. The highest BCUT2D eigenvalue weighted by Crippen LogP contribution is 2.27. The van der Waals surface area contributed by atoms with Crippen LogP contribution < -0.4 is 20.9 Å². The molecular weight excluding hydrogens is 496 g/mol. The second-order valence-electron chi connectivity index (χ2n) is 10.4. The Hall–Kier alpha value is -3.72. The monoisotopic (exact) mass is 531 g/mol. The maximum Gasteiger partial charge on any atom is 0.407 e. The van der Waals surface area contributed by atoms with E-state index < -0.39 is 23.3 Å². The summed E-state index contributed by atoms with van der Waals surface area (Å²) in [7, 11) is 0. The van der Waals surface area contributed by atoms with Gasteiger partial charge in [-0.15, -0.1) is 0 Å². The van der Waals surface area contributed by atoms with Crippen LogP contribution in [0.3, 0.4) is 0 Å². The highest BCUT2D eigenvalue weighted by atomic mass is 19.1. The fourth-order valence-electron chi connectivity index (χ4n) is 3.89. The normalized spacial score (nSPS) is 14.6. The summed E-state index contributed by atoms with van der Waals surface area (Å²) in [4.78, 5) is 22.4. The molecule has 0 aliphatic carbocycles. The molecule has 38 heavy (non-hydrogen) atoms. The molecule has 0 radical (unpaired) electrons. The van der Waals surface area contributed by atoms with Crippen molar-refractivity contribution >= 4 is 29.2 Å². The van der Waals surface area contributed by atoms with E-state index in [0.717, 1.165) is 6.07 Å². The number of amides is 1. The van der Waals surface area contributed by atoms with Crippen molar-refractivity contribution in [3.05, 3.63) is 35.5 Å². The number of rotatable bonds is 9. The summed E-state index contributed by atoms with van der Waals surface area (Å²) < 4.78 is 40.3. The van der Waals surface area contributed by atoms with E-state index in [-0.39, 0.29) is 47.2 Å². The maximum absolute atomic E-state index is 14.9. The highest BCUT2D eigenvalue weighted by molar-refractivity contribution is 5.68. The van der Waals surface area contributed by atoms with E-state index in [9.17, 15) is 18.8 Å². The van der Waals surface area contributed by atoms with Crippen LogP contribution in [0.15, 0.2) is 18.3 Å². The summed E-state index contributed by atoms with van der Waals surface area (Å²) >= 11 is 0. The van der Waals surface area contributed by atoms with E-state index in [1.165, 1.54) is 12.3 Å². The number of carbonyl (C=O) groups excluding carboxylic acids is 1. The number of halogens is 2. The Kier molecular flexibility index (Phi) is 9.63. The molecule has 1 saturated heterocycles. The standard InChI is InChI=1S/C26H35F2N7O3/c1-16(2)10-18(15-31-25(36)38-26(3,4)5)33-23-20(27)11-17(13-29)22(34-23)32-19-12-21(28)24(30-14-19)35-6-8-37-9-7-35/h11-12,14,16,18H,6-10,15H2,1-5H3,(H,31,36)(H2,32,33,34)/t18-/m1/s1. The Morgan fingerprint density at radius 3 is 2.53 bits per heavy atom. The number of carbonyl (C=O) groups is 1. The average molecular weight is 532 g/mol. The van der Waals surface area contributed by atoms with Crippen LogP contribution >= 0.6 is 0 Å². The van der Waals surface area contributed by atoms with Crippen LogP contribution in [-0.2, 0) is 9.47 Å². The van der Waals surface area contributed by atoms with Crippen LogP contribution in [0.4, 0.5) is 36.7 Å². The lowest BCUT2D eigenvalue weighted by Crippen LogP contribution is -2.40. The van der Waals surface area contributed by atoms with Crippen molar-refractivity contribution < 1.29 is 23.0 Å². The fourth-order valence-corrected chi connectivity index (χ4v) is 3.89. The molecule has 0 unspecified atom stereocenters. The largest absolute Gasteiger partial charge is 0.444 e. The predicted molar refractivity (Wildman–Crippen MR) is 141 cm³/mol. The van der Waals surface area contributed by atoms with E-state index in [0.29, 0.717) is 32.7 Å². The first-order chi connectivity index (χ1) is 17.9. The highest BCUT2D eigenvalue weighted by Gasteiger charge is 2.21. The van der Waals surface area contributed by atoms with Crippen molar-refractivity contribution in [2.45, 2.75) is 52.7 Å². The Labute approximate surface area is 221 Å². The van der Waals surface area contributed by atoms with Gasteiger partial charge in [-0.2, -0.15) is 5.26 Å². The number of hydrogen-bond acceptors (Lipinski definition) is 9. The van der Waals surface area contributed by atoms with Gasteiger partial charge < -0.3 is 30.3 Å². The Balaban J connectivity index is 1.78. The minimum Gasteiger partial charge on any atom is -0.444 e. The van der Waals surface area contributed by atoms with Crippen molar-refractivity contribution in [3.8, 4) is 6.07 Å². The molecule has 1 aliphatic rings. The molecule has 12 heteroatoms. The van der Waals surface area contributed by atoms with Gasteiger partial charge >= 0.3 is 6.09 Å². The lowest BCUT2D eigenvalue weighted by Gasteiger charge is -2.28. The summed E-state index contributed by atoms with van der Waals surface area (Å²) in [5.41, 5.74) is -0.453. The average Bonchev–Trinajstić information content (AvgIpc) is 2.83. The zero-order valence-corrected chi connectivity index (χ0v) is 22.4. The number of pyridine rings is 2. The number of hydrogen-bond donors (Lipinski definition) is 3. The van der Waals surface area contributed by atoms with Gasteiger partial charge in [-0.25, -0.2) is 23.5 Å². The van der Waals surface area contributed by atoms with E-state index in [2.05, 4.69) is 25.9 Å². The number of nitrogens with zero attached hydrogens (tertiary/aromatic N) is 4. The molecule has 0 aromatic carbocycles. The molecule has 3 heterocycles. The van der Waals surface area contributed by atoms with E-state index >= 15 is 0 Å². The van der Waals surface area contributed by atoms with Gasteiger partial charge in [0.15, 0.2) is 29.1 Å². The van der Waals surface area contributed by atoms with Gasteiger partial charge in [-0.1, -0.05) is 13.8 Å². The van der Waals surface area contributed by atoms with Gasteiger partial charge in [0.05, 0.1) is 30.7 Å². The van der Waals surface area contributed by atoms with Crippen LogP contribution in [-0.4, -0.2) is 60.6 Å². The Bertz CT molecular complexity index is 1160. The second-order valence-corrected chi connectivity index (χ2v) is 10.4. The number of alkyl carbamates (subject to hydrolysis) is 1. The zero-order chi connectivity index (χ0) is 27.9. The molecule has 3 rings (SSSR count). The second kappa shape index (κ2) is 12.7. The Morgan fingerprint density at radius 1 is 1.21 bits per heavy atom. The van der Waals surface area contributed by atoms with Crippen LogP contribution in [0.5, 0.6) is 0 Å². The first kappa shape index (κ1) is 28.8. The van der Waals surface area contributed by atoms with Gasteiger partial charge in [-0.3, -0.25) is 0 Å². The fraction of sp³-hybridized carbons (Fsp3) is 0.538. The molecule has 1 amide bonds. The third kappa shape index (κ3) is 8.41. The molecule has 2 aromatic heterocycles. The first-order valence-electron chi connectivity index (χ1n) is 12.5. The third-order valence-corrected chi connectivity index (χ3v) is 5.48. The molecule has 0 bridgehead atoms. The van der Waals surface area contributed by atoms with Gasteiger partial charge in [0.25, 0.3) is 0 Å². The zero-order valence-electron chi connectivity index (χ0n) is 22.4. The third-order valence-electron chi connectivity index (χ3n) is 5.48. The lowest BCUT2D eigenvalue weighted by molar-refractivity contribution is 0.0524. The molecule has 1 aliphatic heterocycles. The number of nitrogens with one attached hydrogen (secondary N) is 3. The molecule has 0 spiro atoms. The van der Waals surface area contributed by atoms with Crippen LogP contribution in [0.25, 0.3) is 0 Å². The van der Waals surface area contributed by atoms with Gasteiger partial charge in [-0.05, 0) is 39.2 Å². The summed E-state index contributed by atoms with van der Waals surface area (Å²) in [5.74, 6) is -0.901. The molecule has 1 atom stereocenters. The molecular formula is C26H35F2N7O3. The smallest absolute Gasteiger partial charge is 0.407 e. The van der Waals surface area contributed by atoms with Crippen LogP contribution in [0, 0.1) is 28.9 Å². The summed E-state index contributed by atoms with van der Waals surface area (Å²) in [5, 5.41) is 18.1. The van der Waals surface area contributed by atoms with Crippen molar-refractivity contribution in [2.24, 2.45) is 5.92 Å². The van der Waals surface area contributed by atoms with Crippen molar-refractivity contribution in [1.29, 1.82) is 5.26 Å². The summed E-state index contributed by atoms with van der Waals surface area (Å²) in [6.45, 7) is 11.5. The SMILES string of the molecule is CC(C)C[C@H](CNC(=O)OC(C)(C)C)Nc1nc(Nc2cnc(N3CCOCC3)c(F)c2)c(C#N)cc1F. The van der Waals surface area contributed by atoms with E-state index in [1.807, 2.05) is 19.9 Å². The topological polar surface area (TPSA) is 124 Å². The van der Waals surface area contributed by atoms with Gasteiger partial charge in [0, 0.05) is 31.7 Å². The quantitative estimate of drug-likeness (QED) is 0.427. The number of anilines is 4. The molecule has 3 N–H and O–H groups in total. The lowest BCUT2D eigenvalue weighted by atomic mass is 10.0. The molecule has 2 aromatic rings. The minimum atomic E-state index is -0.731. The molecule has 10 nitrogen and oxygen atoms in total. The van der Waals surface area contributed by atoms with E-state index in [1.54, 1.807) is 25.7 Å². The predicted octanol–water partition coefficient (Wildman–Crippen LogP) is 4.56. The molecule has 206 valence electrons. The Morgan fingerprint density at radius 2 is 1.92 bits per heavy atom. The molecule has 0 saturated carbocycles. The summed E-state index contributed by atoms with van der Waals surface area (Å²) in [6.07, 6.45) is 1.44. The number of ether oxygens (including phenoxy) is 2. The van der Waals surface area contributed by atoms with Gasteiger partial charge in [0.2, 0.25) is 0 Å². The minimum absolute atomic E-state index is 0.0418. The van der Waals surface area contributed by atoms with Gasteiger partial charge in [0.1, 0.15) is 11.7 Å². The molecule has 1 fully saturated rings. The van der Waals surface area contributed by atoms with Crippen LogP contribution in [0.1, 0.15) is 46.6 Å². The number of aromatic nitrogens is 2. The maximum atomic E-state index is 14.9. The number of nitriles is 1. The van der Waals surface area contributed by atoms with Crippen LogP contribution in [0.2, 0.25) is 0 Å². The first-order valence-corrected chi connectivity index (χ1v) is 12.5. The van der Waals surface area contributed by atoms with Crippen molar-refractivity contribution in [1.82, 2.24) is 15.3 Å². The van der Waals surface area contributed by atoms with Crippen molar-refractivity contribution in [2.75, 3.05) is 48.4 Å².